The number of carbonyl (C=O) groups is 1. The van der Waals surface area contributed by atoms with Crippen molar-refractivity contribution in [1.82, 2.24) is 0 Å². The highest BCUT2D eigenvalue weighted by molar-refractivity contribution is 5.90. The molecule has 2 saturated carbocycles. The van der Waals surface area contributed by atoms with Crippen LogP contribution in [0.5, 0.6) is 0 Å². The second-order valence-electron chi connectivity index (χ2n) is 5.80. The Hall–Kier alpha value is -1.62. The summed E-state index contributed by atoms with van der Waals surface area (Å²) in [6, 6.07) is 9.96. The van der Waals surface area contributed by atoms with Crippen molar-refractivity contribution in [1.29, 1.82) is 5.26 Å². The van der Waals surface area contributed by atoms with Crippen LogP contribution in [0.3, 0.4) is 0 Å². The van der Waals surface area contributed by atoms with Crippen LogP contribution in [0.4, 0.5) is 0 Å². The van der Waals surface area contributed by atoms with Gasteiger partial charge in [0.15, 0.2) is 5.78 Å². The molecule has 0 N–H and O–H groups in total. The highest BCUT2D eigenvalue weighted by Crippen LogP contribution is 2.55. The van der Waals surface area contributed by atoms with Crippen LogP contribution in [0.2, 0.25) is 0 Å². The van der Waals surface area contributed by atoms with Gasteiger partial charge in [-0.05, 0) is 43.6 Å². The third-order valence-corrected chi connectivity index (χ3v) is 4.47. The van der Waals surface area contributed by atoms with Crippen molar-refractivity contribution >= 4 is 5.78 Å². The number of fused-ring (bicyclic) bond motifs is 1. The van der Waals surface area contributed by atoms with Gasteiger partial charge >= 0.3 is 0 Å². The monoisotopic (exact) mass is 239 g/mol. The number of rotatable bonds is 3. The van der Waals surface area contributed by atoms with Crippen molar-refractivity contribution in [3.05, 3.63) is 35.4 Å². The van der Waals surface area contributed by atoms with E-state index in [1.807, 2.05) is 31.2 Å². The summed E-state index contributed by atoms with van der Waals surface area (Å²) in [6.07, 6.45) is 3.35. The van der Waals surface area contributed by atoms with Gasteiger partial charge < -0.3 is 0 Å². The van der Waals surface area contributed by atoms with E-state index in [4.69, 9.17) is 0 Å². The van der Waals surface area contributed by atoms with Gasteiger partial charge in [0.2, 0.25) is 0 Å². The van der Waals surface area contributed by atoms with E-state index in [0.29, 0.717) is 0 Å². The first-order valence-corrected chi connectivity index (χ1v) is 6.69. The second kappa shape index (κ2) is 4.24. The summed E-state index contributed by atoms with van der Waals surface area (Å²) in [4.78, 5) is 12.4. The zero-order valence-electron chi connectivity index (χ0n) is 10.6. The van der Waals surface area contributed by atoms with Gasteiger partial charge in [-0.15, -0.1) is 0 Å². The normalized spacial score (nSPS) is 30.3. The SMILES string of the molecule is Cc1ccc(C(C#N)C(=O)C2CC3CC3C2)cc1. The molecular weight excluding hydrogens is 222 g/mol. The Morgan fingerprint density at radius 1 is 1.22 bits per heavy atom. The van der Waals surface area contributed by atoms with Gasteiger partial charge in [0.1, 0.15) is 5.92 Å². The van der Waals surface area contributed by atoms with E-state index in [1.54, 1.807) is 0 Å². The maximum absolute atomic E-state index is 12.4. The van der Waals surface area contributed by atoms with Crippen LogP contribution in [-0.4, -0.2) is 5.78 Å². The van der Waals surface area contributed by atoms with Crippen molar-refractivity contribution in [3.63, 3.8) is 0 Å². The Kier molecular flexibility index (Phi) is 2.70. The fraction of sp³-hybridized carbons (Fsp3) is 0.500. The fourth-order valence-electron chi connectivity index (χ4n) is 3.24. The highest BCUT2D eigenvalue weighted by Gasteiger charge is 2.49. The molecule has 3 unspecified atom stereocenters. The average molecular weight is 239 g/mol. The number of aryl methyl sites for hydroxylation is 1. The van der Waals surface area contributed by atoms with E-state index in [1.165, 1.54) is 6.42 Å². The van der Waals surface area contributed by atoms with E-state index >= 15 is 0 Å². The molecule has 0 aliphatic heterocycles. The van der Waals surface area contributed by atoms with Crippen LogP contribution in [0.15, 0.2) is 24.3 Å². The molecule has 0 bridgehead atoms. The number of hydrogen-bond acceptors (Lipinski definition) is 2. The van der Waals surface area contributed by atoms with E-state index in [9.17, 15) is 10.1 Å². The molecule has 0 heterocycles. The minimum atomic E-state index is -0.562. The third-order valence-electron chi connectivity index (χ3n) is 4.47. The molecule has 0 amide bonds. The molecule has 0 saturated heterocycles. The standard InChI is InChI=1S/C16H17NO/c1-10-2-4-11(5-3-10)15(9-17)16(18)14-7-12-6-13(12)8-14/h2-5,12-15H,6-8H2,1H3. The summed E-state index contributed by atoms with van der Waals surface area (Å²) in [6.45, 7) is 2.01. The summed E-state index contributed by atoms with van der Waals surface area (Å²) in [5.74, 6) is 1.30. The van der Waals surface area contributed by atoms with Crippen LogP contribution in [0, 0.1) is 36.0 Å². The van der Waals surface area contributed by atoms with Crippen LogP contribution in [-0.2, 0) is 4.79 Å². The molecule has 1 aromatic rings. The number of nitrogens with zero attached hydrogens (tertiary/aromatic N) is 1. The lowest BCUT2D eigenvalue weighted by Crippen LogP contribution is -2.20. The molecule has 0 spiro atoms. The maximum atomic E-state index is 12.4. The zero-order chi connectivity index (χ0) is 12.7. The first-order chi connectivity index (χ1) is 8.69. The van der Waals surface area contributed by atoms with E-state index in [-0.39, 0.29) is 11.7 Å². The predicted molar refractivity (Wildman–Crippen MR) is 68.9 cm³/mol. The molecule has 0 aromatic heterocycles. The van der Waals surface area contributed by atoms with Crippen molar-refractivity contribution in [2.75, 3.05) is 0 Å². The molecule has 0 radical (unpaired) electrons. The number of benzene rings is 1. The van der Waals surface area contributed by atoms with Crippen LogP contribution >= 0.6 is 0 Å². The van der Waals surface area contributed by atoms with Gasteiger partial charge in [-0.3, -0.25) is 4.79 Å². The van der Waals surface area contributed by atoms with Gasteiger partial charge in [-0.2, -0.15) is 5.26 Å². The highest BCUT2D eigenvalue weighted by atomic mass is 16.1. The Labute approximate surface area is 108 Å². The lowest BCUT2D eigenvalue weighted by molar-refractivity contribution is -0.123. The van der Waals surface area contributed by atoms with Crippen LogP contribution < -0.4 is 0 Å². The minimum absolute atomic E-state index is 0.139. The van der Waals surface area contributed by atoms with E-state index < -0.39 is 5.92 Å². The molecular formula is C16H17NO. The van der Waals surface area contributed by atoms with Crippen molar-refractivity contribution in [3.8, 4) is 6.07 Å². The molecule has 2 fully saturated rings. The van der Waals surface area contributed by atoms with Gasteiger partial charge in [-0.25, -0.2) is 0 Å². The molecule has 2 nitrogen and oxygen atoms in total. The Bertz CT molecular complexity index is 501. The molecule has 3 rings (SSSR count). The minimum Gasteiger partial charge on any atom is -0.298 e. The lowest BCUT2D eigenvalue weighted by atomic mass is 9.85. The number of hydrogen-bond donors (Lipinski definition) is 0. The molecule has 3 atom stereocenters. The Balaban J connectivity index is 1.77. The maximum Gasteiger partial charge on any atom is 0.157 e. The molecule has 2 aliphatic rings. The smallest absolute Gasteiger partial charge is 0.157 e. The Morgan fingerprint density at radius 2 is 1.83 bits per heavy atom. The van der Waals surface area contributed by atoms with Crippen LogP contribution in [0.1, 0.15) is 36.3 Å². The Morgan fingerprint density at radius 3 is 2.39 bits per heavy atom. The molecule has 2 heteroatoms. The number of Topliss-reactive ketones (excluding diaryl/α,β-unsaturated/α-hetero) is 1. The fourth-order valence-corrected chi connectivity index (χ4v) is 3.24. The second-order valence-corrected chi connectivity index (χ2v) is 5.80. The summed E-state index contributed by atoms with van der Waals surface area (Å²) < 4.78 is 0. The molecule has 1 aromatic carbocycles. The van der Waals surface area contributed by atoms with Crippen molar-refractivity contribution in [2.24, 2.45) is 17.8 Å². The third kappa shape index (κ3) is 1.95. The number of ketones is 1. The first-order valence-electron chi connectivity index (χ1n) is 6.69. The van der Waals surface area contributed by atoms with Crippen molar-refractivity contribution in [2.45, 2.75) is 32.1 Å². The quantitative estimate of drug-likeness (QED) is 0.812. The zero-order valence-corrected chi connectivity index (χ0v) is 10.6. The molecule has 18 heavy (non-hydrogen) atoms. The molecule has 2 aliphatic carbocycles. The van der Waals surface area contributed by atoms with E-state index in [2.05, 4.69) is 6.07 Å². The lowest BCUT2D eigenvalue weighted by Gasteiger charge is -2.15. The topological polar surface area (TPSA) is 40.9 Å². The first kappa shape index (κ1) is 11.5. The summed E-state index contributed by atoms with van der Waals surface area (Å²) in [5.41, 5.74) is 2.01. The summed E-state index contributed by atoms with van der Waals surface area (Å²) >= 11 is 0. The predicted octanol–water partition coefficient (Wildman–Crippen LogP) is 3.22. The van der Waals surface area contributed by atoms with Crippen LogP contribution in [0.25, 0.3) is 0 Å². The number of carbonyl (C=O) groups excluding carboxylic acids is 1. The van der Waals surface area contributed by atoms with Crippen molar-refractivity contribution < 1.29 is 4.79 Å². The number of nitriles is 1. The van der Waals surface area contributed by atoms with E-state index in [0.717, 1.165) is 35.8 Å². The summed E-state index contributed by atoms with van der Waals surface area (Å²) in [7, 11) is 0. The largest absolute Gasteiger partial charge is 0.298 e. The van der Waals surface area contributed by atoms with Gasteiger partial charge in [0.25, 0.3) is 0 Å². The van der Waals surface area contributed by atoms with Gasteiger partial charge in [-0.1, -0.05) is 29.8 Å². The average Bonchev–Trinajstić information content (AvgIpc) is 2.99. The van der Waals surface area contributed by atoms with Gasteiger partial charge in [0.05, 0.1) is 6.07 Å². The summed E-state index contributed by atoms with van der Waals surface area (Å²) in [5, 5.41) is 9.29. The molecule has 92 valence electrons. The van der Waals surface area contributed by atoms with Gasteiger partial charge in [0, 0.05) is 5.92 Å².